The maximum Gasteiger partial charge on any atom is 0.0235 e. The highest BCUT2D eigenvalue weighted by Gasteiger charge is 2.30. The van der Waals surface area contributed by atoms with Gasteiger partial charge in [0.15, 0.2) is 0 Å². The number of hydrogen-bond acceptors (Lipinski definition) is 3. The van der Waals surface area contributed by atoms with E-state index in [1.807, 2.05) is 0 Å². The Balaban J connectivity index is 2.45. The second-order valence-electron chi connectivity index (χ2n) is 4.98. The first kappa shape index (κ1) is 13.9. The van der Waals surface area contributed by atoms with Gasteiger partial charge in [-0.05, 0) is 40.4 Å². The molecule has 1 heterocycles. The Morgan fingerprint density at radius 3 is 2.44 bits per heavy atom. The van der Waals surface area contributed by atoms with Crippen LogP contribution in [0.15, 0.2) is 0 Å². The molecule has 0 radical (unpaired) electrons. The van der Waals surface area contributed by atoms with E-state index in [2.05, 4.69) is 49.9 Å². The van der Waals surface area contributed by atoms with Gasteiger partial charge < -0.3 is 5.32 Å². The van der Waals surface area contributed by atoms with Crippen LogP contribution in [-0.2, 0) is 0 Å². The van der Waals surface area contributed by atoms with Gasteiger partial charge in [-0.3, -0.25) is 9.80 Å². The number of nitrogens with one attached hydrogen (secondary N) is 1. The molecule has 1 aliphatic heterocycles. The molecule has 3 atom stereocenters. The summed E-state index contributed by atoms with van der Waals surface area (Å²) in [6, 6.07) is 2.00. The predicted molar refractivity (Wildman–Crippen MR) is 70.9 cm³/mol. The first-order chi connectivity index (χ1) is 7.63. The highest BCUT2D eigenvalue weighted by Crippen LogP contribution is 2.18. The fourth-order valence-electron chi connectivity index (χ4n) is 2.73. The minimum atomic E-state index is 0.579. The molecular formula is C13H29N3. The van der Waals surface area contributed by atoms with Crippen molar-refractivity contribution in [2.24, 2.45) is 0 Å². The van der Waals surface area contributed by atoms with E-state index in [-0.39, 0.29) is 0 Å². The van der Waals surface area contributed by atoms with E-state index < -0.39 is 0 Å². The fraction of sp³-hybridized carbons (Fsp3) is 1.00. The van der Waals surface area contributed by atoms with Crippen LogP contribution < -0.4 is 5.32 Å². The van der Waals surface area contributed by atoms with Crippen molar-refractivity contribution < 1.29 is 0 Å². The number of rotatable bonds is 6. The lowest BCUT2D eigenvalue weighted by Gasteiger charge is -2.31. The minimum absolute atomic E-state index is 0.579. The molecule has 0 aromatic rings. The monoisotopic (exact) mass is 227 g/mol. The minimum Gasteiger partial charge on any atom is -0.316 e. The van der Waals surface area contributed by atoms with Crippen molar-refractivity contribution >= 4 is 0 Å². The van der Waals surface area contributed by atoms with Gasteiger partial charge in [-0.1, -0.05) is 13.8 Å². The van der Waals surface area contributed by atoms with E-state index in [9.17, 15) is 0 Å². The average molecular weight is 227 g/mol. The van der Waals surface area contributed by atoms with Crippen molar-refractivity contribution in [2.75, 3.05) is 33.2 Å². The van der Waals surface area contributed by atoms with Crippen LogP contribution >= 0.6 is 0 Å². The molecule has 1 aliphatic rings. The third-order valence-corrected chi connectivity index (χ3v) is 4.28. The zero-order chi connectivity index (χ0) is 12.1. The summed E-state index contributed by atoms with van der Waals surface area (Å²) < 4.78 is 0. The molecule has 3 nitrogen and oxygen atoms in total. The fourth-order valence-corrected chi connectivity index (χ4v) is 2.73. The van der Waals surface area contributed by atoms with Gasteiger partial charge in [-0.15, -0.1) is 0 Å². The van der Waals surface area contributed by atoms with Gasteiger partial charge in [0, 0.05) is 31.2 Å². The Labute approximate surface area is 101 Å². The first-order valence-corrected chi connectivity index (χ1v) is 6.79. The normalized spacial score (nSPS) is 26.2. The molecule has 0 spiro atoms. The predicted octanol–water partition coefficient (Wildman–Crippen LogP) is 1.40. The van der Waals surface area contributed by atoms with Crippen LogP contribution in [0, 0.1) is 0 Å². The molecule has 0 saturated carbocycles. The number of hydrogen-bond donors (Lipinski definition) is 1. The van der Waals surface area contributed by atoms with Crippen LogP contribution in [-0.4, -0.2) is 61.2 Å². The molecule has 1 rings (SSSR count). The van der Waals surface area contributed by atoms with Crippen LogP contribution in [0.5, 0.6) is 0 Å². The lowest BCUT2D eigenvalue weighted by Crippen LogP contribution is -2.46. The summed E-state index contributed by atoms with van der Waals surface area (Å²) >= 11 is 0. The van der Waals surface area contributed by atoms with E-state index in [1.165, 1.54) is 32.6 Å². The van der Waals surface area contributed by atoms with E-state index in [1.54, 1.807) is 0 Å². The summed E-state index contributed by atoms with van der Waals surface area (Å²) in [5, 5.41) is 3.36. The molecule has 0 aromatic carbocycles. The van der Waals surface area contributed by atoms with Crippen LogP contribution in [0.4, 0.5) is 0 Å². The second kappa shape index (κ2) is 6.58. The van der Waals surface area contributed by atoms with E-state index >= 15 is 0 Å². The summed E-state index contributed by atoms with van der Waals surface area (Å²) in [5.74, 6) is 0. The molecule has 3 unspecified atom stereocenters. The van der Waals surface area contributed by atoms with Crippen molar-refractivity contribution in [3.63, 3.8) is 0 Å². The van der Waals surface area contributed by atoms with Crippen LogP contribution in [0.2, 0.25) is 0 Å². The maximum atomic E-state index is 3.36. The zero-order valence-corrected chi connectivity index (χ0v) is 11.7. The van der Waals surface area contributed by atoms with Gasteiger partial charge in [0.25, 0.3) is 0 Å². The Morgan fingerprint density at radius 1 is 1.31 bits per heavy atom. The second-order valence-corrected chi connectivity index (χ2v) is 4.98. The summed E-state index contributed by atoms with van der Waals surface area (Å²) in [6.07, 6.45) is 1.34. The molecule has 0 aromatic heterocycles. The standard InChI is InChI=1S/C13H29N3/c1-6-15(7-2)13-8-9-16(10-13)12(4)11(3)14-5/h11-14H,6-10H2,1-5H3. The zero-order valence-electron chi connectivity index (χ0n) is 11.7. The lowest BCUT2D eigenvalue weighted by molar-refractivity contribution is 0.177. The molecule has 1 saturated heterocycles. The van der Waals surface area contributed by atoms with E-state index in [0.717, 1.165) is 6.04 Å². The summed E-state index contributed by atoms with van der Waals surface area (Å²) in [6.45, 7) is 14.0. The molecule has 1 fully saturated rings. The average Bonchev–Trinajstić information content (AvgIpc) is 2.78. The van der Waals surface area contributed by atoms with Gasteiger partial charge in [0.1, 0.15) is 0 Å². The highest BCUT2D eigenvalue weighted by atomic mass is 15.3. The number of likely N-dealkylation sites (N-methyl/N-ethyl adjacent to an activating group) is 2. The van der Waals surface area contributed by atoms with Crippen molar-refractivity contribution in [1.29, 1.82) is 0 Å². The van der Waals surface area contributed by atoms with Gasteiger partial charge in [0.2, 0.25) is 0 Å². The number of nitrogens with zero attached hydrogens (tertiary/aromatic N) is 2. The smallest absolute Gasteiger partial charge is 0.0235 e. The Bertz CT molecular complexity index is 192. The van der Waals surface area contributed by atoms with Gasteiger partial charge >= 0.3 is 0 Å². The highest BCUT2D eigenvalue weighted by molar-refractivity contribution is 4.88. The Morgan fingerprint density at radius 2 is 1.94 bits per heavy atom. The molecule has 16 heavy (non-hydrogen) atoms. The molecular weight excluding hydrogens is 198 g/mol. The SMILES string of the molecule is CCN(CC)C1CCN(C(C)C(C)NC)C1. The topological polar surface area (TPSA) is 18.5 Å². The quantitative estimate of drug-likeness (QED) is 0.740. The Hall–Kier alpha value is -0.120. The summed E-state index contributed by atoms with van der Waals surface area (Å²) in [4.78, 5) is 5.22. The van der Waals surface area contributed by atoms with Gasteiger partial charge in [-0.25, -0.2) is 0 Å². The van der Waals surface area contributed by atoms with E-state index in [0.29, 0.717) is 12.1 Å². The van der Waals surface area contributed by atoms with Crippen LogP contribution in [0.1, 0.15) is 34.1 Å². The molecule has 0 bridgehead atoms. The van der Waals surface area contributed by atoms with Crippen LogP contribution in [0.25, 0.3) is 0 Å². The van der Waals surface area contributed by atoms with Crippen molar-refractivity contribution in [1.82, 2.24) is 15.1 Å². The van der Waals surface area contributed by atoms with E-state index in [4.69, 9.17) is 0 Å². The molecule has 96 valence electrons. The first-order valence-electron chi connectivity index (χ1n) is 6.79. The maximum absolute atomic E-state index is 3.36. The third kappa shape index (κ3) is 3.19. The molecule has 0 aliphatic carbocycles. The van der Waals surface area contributed by atoms with Crippen molar-refractivity contribution in [3.05, 3.63) is 0 Å². The Kier molecular flexibility index (Phi) is 5.73. The van der Waals surface area contributed by atoms with Crippen LogP contribution in [0.3, 0.4) is 0 Å². The summed E-state index contributed by atoms with van der Waals surface area (Å²) in [5.41, 5.74) is 0. The molecule has 3 heteroatoms. The van der Waals surface area contributed by atoms with Gasteiger partial charge in [-0.2, -0.15) is 0 Å². The molecule has 0 amide bonds. The van der Waals surface area contributed by atoms with Crippen molar-refractivity contribution in [3.8, 4) is 0 Å². The lowest BCUT2D eigenvalue weighted by atomic mass is 10.1. The van der Waals surface area contributed by atoms with Gasteiger partial charge in [0.05, 0.1) is 0 Å². The third-order valence-electron chi connectivity index (χ3n) is 4.28. The number of likely N-dealkylation sites (tertiary alicyclic amines) is 1. The van der Waals surface area contributed by atoms with Crippen molar-refractivity contribution in [2.45, 2.75) is 52.2 Å². The largest absolute Gasteiger partial charge is 0.316 e. The molecule has 1 N–H and O–H groups in total. The summed E-state index contributed by atoms with van der Waals surface area (Å²) in [7, 11) is 2.05.